The maximum atomic E-state index is 12.5. The van der Waals surface area contributed by atoms with Crippen molar-refractivity contribution < 1.29 is 9.59 Å². The first kappa shape index (κ1) is 18.2. The SMILES string of the molecule is C=CCn1c(SCC(=O)NCC(=O)N(C)C)nc2ccsc2c1=O. The average molecular weight is 366 g/mol. The molecule has 24 heavy (non-hydrogen) atoms. The van der Waals surface area contributed by atoms with E-state index in [9.17, 15) is 14.4 Å². The molecule has 2 aromatic rings. The van der Waals surface area contributed by atoms with Crippen molar-refractivity contribution in [2.24, 2.45) is 0 Å². The Kier molecular flexibility index (Phi) is 6.16. The van der Waals surface area contributed by atoms with Crippen LogP contribution in [-0.4, -0.2) is 52.7 Å². The summed E-state index contributed by atoms with van der Waals surface area (Å²) in [7, 11) is 3.24. The van der Waals surface area contributed by atoms with Gasteiger partial charge in [-0.15, -0.1) is 17.9 Å². The van der Waals surface area contributed by atoms with E-state index in [0.29, 0.717) is 21.9 Å². The molecule has 7 nitrogen and oxygen atoms in total. The van der Waals surface area contributed by atoms with Crippen LogP contribution < -0.4 is 10.9 Å². The maximum absolute atomic E-state index is 12.5. The number of rotatable bonds is 7. The van der Waals surface area contributed by atoms with Crippen LogP contribution in [0.15, 0.2) is 34.1 Å². The predicted molar refractivity (Wildman–Crippen MR) is 96.5 cm³/mol. The van der Waals surface area contributed by atoms with Crippen LogP contribution in [0.3, 0.4) is 0 Å². The number of carbonyl (C=O) groups excluding carboxylic acids is 2. The summed E-state index contributed by atoms with van der Waals surface area (Å²) in [5.74, 6) is -0.408. The molecule has 9 heteroatoms. The van der Waals surface area contributed by atoms with E-state index >= 15 is 0 Å². The van der Waals surface area contributed by atoms with Crippen molar-refractivity contribution in [3.63, 3.8) is 0 Å². The molecule has 0 aromatic carbocycles. The molecule has 2 aromatic heterocycles. The van der Waals surface area contributed by atoms with Gasteiger partial charge in [-0.3, -0.25) is 19.0 Å². The number of hydrogen-bond donors (Lipinski definition) is 1. The lowest BCUT2D eigenvalue weighted by Gasteiger charge is -2.12. The van der Waals surface area contributed by atoms with Gasteiger partial charge in [-0.2, -0.15) is 0 Å². The molecule has 0 aliphatic rings. The Morgan fingerprint density at radius 1 is 1.50 bits per heavy atom. The summed E-state index contributed by atoms with van der Waals surface area (Å²) in [6.07, 6.45) is 1.61. The molecule has 0 atom stereocenters. The van der Waals surface area contributed by atoms with Crippen molar-refractivity contribution in [1.29, 1.82) is 0 Å². The Hall–Kier alpha value is -2.13. The molecule has 0 radical (unpaired) electrons. The van der Waals surface area contributed by atoms with Crippen LogP contribution in [0.1, 0.15) is 0 Å². The number of carbonyl (C=O) groups is 2. The predicted octanol–water partition coefficient (Wildman–Crippen LogP) is 0.940. The smallest absolute Gasteiger partial charge is 0.272 e. The molecule has 0 aliphatic heterocycles. The van der Waals surface area contributed by atoms with Gasteiger partial charge < -0.3 is 10.2 Å². The molecule has 0 aliphatic carbocycles. The summed E-state index contributed by atoms with van der Waals surface area (Å²) < 4.78 is 2.08. The second kappa shape index (κ2) is 8.11. The minimum absolute atomic E-state index is 0.0527. The number of thioether (sulfide) groups is 1. The summed E-state index contributed by atoms with van der Waals surface area (Å²) in [5.41, 5.74) is 0.483. The van der Waals surface area contributed by atoms with Crippen LogP contribution in [0.5, 0.6) is 0 Å². The fourth-order valence-corrected chi connectivity index (χ4v) is 3.45. The lowest BCUT2D eigenvalue weighted by molar-refractivity contribution is -0.130. The van der Waals surface area contributed by atoms with Crippen LogP contribution in [0, 0.1) is 0 Å². The number of fused-ring (bicyclic) bond motifs is 1. The van der Waals surface area contributed by atoms with E-state index < -0.39 is 0 Å². The molecule has 0 spiro atoms. The largest absolute Gasteiger partial charge is 0.347 e. The van der Waals surface area contributed by atoms with Crippen LogP contribution in [0.4, 0.5) is 0 Å². The minimum Gasteiger partial charge on any atom is -0.347 e. The molecule has 128 valence electrons. The molecule has 0 saturated carbocycles. The molecule has 0 unspecified atom stereocenters. The van der Waals surface area contributed by atoms with Gasteiger partial charge in [-0.25, -0.2) is 4.98 Å². The zero-order chi connectivity index (χ0) is 17.7. The van der Waals surface area contributed by atoms with E-state index in [1.54, 1.807) is 26.2 Å². The molecular formula is C15H18N4O3S2. The average Bonchev–Trinajstić information content (AvgIpc) is 3.02. The minimum atomic E-state index is -0.292. The number of aromatic nitrogens is 2. The van der Waals surface area contributed by atoms with Crippen LogP contribution in [-0.2, 0) is 16.1 Å². The van der Waals surface area contributed by atoms with Crippen molar-refractivity contribution in [2.75, 3.05) is 26.4 Å². The molecular weight excluding hydrogens is 348 g/mol. The van der Waals surface area contributed by atoms with Gasteiger partial charge in [0.05, 0.1) is 17.8 Å². The molecule has 2 amide bonds. The van der Waals surface area contributed by atoms with Crippen molar-refractivity contribution in [1.82, 2.24) is 19.8 Å². The van der Waals surface area contributed by atoms with Crippen LogP contribution in [0.2, 0.25) is 0 Å². The Balaban J connectivity index is 2.10. The highest BCUT2D eigenvalue weighted by Crippen LogP contribution is 2.20. The molecule has 2 heterocycles. The first-order valence-electron chi connectivity index (χ1n) is 7.12. The van der Waals surface area contributed by atoms with Gasteiger partial charge in [0.2, 0.25) is 11.8 Å². The lowest BCUT2D eigenvalue weighted by atomic mass is 10.4. The second-order valence-electron chi connectivity index (χ2n) is 5.09. The van der Waals surface area contributed by atoms with Crippen LogP contribution in [0.25, 0.3) is 10.2 Å². The third-order valence-corrected chi connectivity index (χ3v) is 4.98. The van der Waals surface area contributed by atoms with Crippen LogP contribution >= 0.6 is 23.1 Å². The standard InChI is InChI=1S/C15H18N4O3S2/c1-4-6-19-14(22)13-10(5-7-23-13)17-15(19)24-9-11(20)16-8-12(21)18(2)3/h4-5,7H,1,6,8-9H2,2-3H3,(H,16,20). The van der Waals surface area contributed by atoms with Gasteiger partial charge in [-0.05, 0) is 11.4 Å². The van der Waals surface area contributed by atoms with Gasteiger partial charge in [0.1, 0.15) is 4.70 Å². The number of thiophene rings is 1. The number of allylic oxidation sites excluding steroid dienone is 1. The van der Waals surface area contributed by atoms with E-state index in [4.69, 9.17) is 0 Å². The summed E-state index contributed by atoms with van der Waals surface area (Å²) in [6.45, 7) is 3.92. The molecule has 0 bridgehead atoms. The fourth-order valence-electron chi connectivity index (χ4n) is 1.84. The number of hydrogen-bond acceptors (Lipinski definition) is 6. The summed E-state index contributed by atoms with van der Waals surface area (Å²) >= 11 is 2.50. The maximum Gasteiger partial charge on any atom is 0.272 e. The van der Waals surface area contributed by atoms with Gasteiger partial charge in [-0.1, -0.05) is 17.8 Å². The van der Waals surface area contributed by atoms with Crippen molar-refractivity contribution >= 4 is 45.1 Å². The highest BCUT2D eigenvalue weighted by atomic mass is 32.2. The second-order valence-corrected chi connectivity index (χ2v) is 6.95. The highest BCUT2D eigenvalue weighted by Gasteiger charge is 2.14. The van der Waals surface area contributed by atoms with Crippen molar-refractivity contribution in [3.8, 4) is 0 Å². The first-order chi connectivity index (χ1) is 11.4. The summed E-state index contributed by atoms with van der Waals surface area (Å²) in [5, 5.41) is 4.82. The highest BCUT2D eigenvalue weighted by molar-refractivity contribution is 7.99. The Morgan fingerprint density at radius 2 is 2.25 bits per heavy atom. The normalized spacial score (nSPS) is 10.6. The summed E-state index contributed by atoms with van der Waals surface area (Å²) in [4.78, 5) is 41.6. The van der Waals surface area contributed by atoms with Crippen molar-refractivity contribution in [3.05, 3.63) is 34.5 Å². The van der Waals surface area contributed by atoms with E-state index in [-0.39, 0.29) is 29.7 Å². The monoisotopic (exact) mass is 366 g/mol. The zero-order valence-corrected chi connectivity index (χ0v) is 15.1. The number of nitrogens with one attached hydrogen (secondary N) is 1. The van der Waals surface area contributed by atoms with E-state index in [2.05, 4.69) is 16.9 Å². The number of likely N-dealkylation sites (N-methyl/N-ethyl adjacent to an activating group) is 1. The third-order valence-electron chi connectivity index (χ3n) is 3.11. The van der Waals surface area contributed by atoms with E-state index in [1.165, 1.54) is 20.8 Å². The van der Waals surface area contributed by atoms with E-state index in [0.717, 1.165) is 11.8 Å². The zero-order valence-electron chi connectivity index (χ0n) is 13.4. The molecule has 0 fully saturated rings. The first-order valence-corrected chi connectivity index (χ1v) is 8.99. The van der Waals surface area contributed by atoms with Gasteiger partial charge in [0.25, 0.3) is 5.56 Å². The van der Waals surface area contributed by atoms with Gasteiger partial charge >= 0.3 is 0 Å². The number of nitrogens with zero attached hydrogens (tertiary/aromatic N) is 3. The van der Waals surface area contributed by atoms with E-state index in [1.807, 2.05) is 5.38 Å². The third kappa shape index (κ3) is 4.24. The Morgan fingerprint density at radius 3 is 2.92 bits per heavy atom. The van der Waals surface area contributed by atoms with Gasteiger partial charge in [0, 0.05) is 20.6 Å². The lowest BCUT2D eigenvalue weighted by Crippen LogP contribution is -2.37. The van der Waals surface area contributed by atoms with Crippen molar-refractivity contribution in [2.45, 2.75) is 11.7 Å². The topological polar surface area (TPSA) is 84.3 Å². The quantitative estimate of drug-likeness (QED) is 0.448. The molecule has 2 rings (SSSR count). The summed E-state index contributed by atoms with van der Waals surface area (Å²) in [6, 6.07) is 1.78. The number of amides is 2. The Labute approximate surface area is 147 Å². The molecule has 0 saturated heterocycles. The Bertz CT molecular complexity index is 826. The van der Waals surface area contributed by atoms with Gasteiger partial charge in [0.15, 0.2) is 5.16 Å². The fraction of sp³-hybridized carbons (Fsp3) is 0.333. The molecule has 1 N–H and O–H groups in total.